The van der Waals surface area contributed by atoms with Crippen LogP contribution in [0.15, 0.2) is 38.5 Å². The van der Waals surface area contributed by atoms with Crippen molar-refractivity contribution in [1.29, 1.82) is 0 Å². The minimum Gasteiger partial charge on any atom is -0.444 e. The third-order valence-electron chi connectivity index (χ3n) is 6.57. The molecule has 4 atom stereocenters. The molecule has 254 valence electrons. The monoisotopic (exact) mass is 645 g/mol. The Bertz CT molecular complexity index is 1480. The number of aliphatic hydroxyl groups excluding tert-OH is 1. The Morgan fingerprint density at radius 3 is 2.24 bits per heavy atom. The van der Waals surface area contributed by atoms with Gasteiger partial charge in [0.05, 0.1) is 6.10 Å². The summed E-state index contributed by atoms with van der Waals surface area (Å²) < 4.78 is 10.5. The molecule has 1 aromatic carbocycles. The van der Waals surface area contributed by atoms with E-state index >= 15 is 0 Å². The van der Waals surface area contributed by atoms with Crippen LogP contribution in [-0.4, -0.2) is 71.3 Å². The molecule has 2 aromatic rings. The molecule has 0 aliphatic carbocycles. The van der Waals surface area contributed by atoms with Crippen LogP contribution in [0.4, 0.5) is 10.5 Å². The maximum absolute atomic E-state index is 13.4. The van der Waals surface area contributed by atoms with Crippen molar-refractivity contribution in [2.75, 3.05) is 11.9 Å². The molecule has 1 heterocycles. The van der Waals surface area contributed by atoms with Crippen LogP contribution in [0.2, 0.25) is 0 Å². The highest BCUT2D eigenvalue weighted by atomic mass is 16.6. The molecule has 1 aromatic heterocycles. The Hall–Kier alpha value is -4.66. The summed E-state index contributed by atoms with van der Waals surface area (Å²) in [6, 6.07) is 2.47. The molecule has 2 rings (SSSR count). The average Bonchev–Trinajstić information content (AvgIpc) is 2.90. The van der Waals surface area contributed by atoms with E-state index in [1.807, 2.05) is 13.8 Å². The highest BCUT2D eigenvalue weighted by Gasteiger charge is 2.33. The van der Waals surface area contributed by atoms with Crippen molar-refractivity contribution in [1.82, 2.24) is 16.0 Å². The molecular weight excluding hydrogens is 598 g/mol. The van der Waals surface area contributed by atoms with Crippen molar-refractivity contribution in [2.45, 2.75) is 97.6 Å². The number of hydrogen-bond donors (Lipinski definition) is 7. The average molecular weight is 646 g/mol. The van der Waals surface area contributed by atoms with Crippen LogP contribution in [0.3, 0.4) is 0 Å². The minimum atomic E-state index is -1.48. The maximum Gasteiger partial charge on any atom is 0.408 e. The summed E-state index contributed by atoms with van der Waals surface area (Å²) in [6.07, 6.45) is -1.58. The quantitative estimate of drug-likeness (QED) is 0.0674. The van der Waals surface area contributed by atoms with Gasteiger partial charge in [0.2, 0.25) is 17.7 Å². The number of anilines is 1. The number of aryl methyl sites for hydroxylation is 1. The normalized spacial score (nSPS) is 14.0. The minimum absolute atomic E-state index is 0.0187. The van der Waals surface area contributed by atoms with Crippen LogP contribution < -0.4 is 38.4 Å². The van der Waals surface area contributed by atoms with E-state index in [0.717, 1.165) is 0 Å². The fourth-order valence-electron chi connectivity index (χ4n) is 4.48. The van der Waals surface area contributed by atoms with E-state index in [-0.39, 0.29) is 36.8 Å². The van der Waals surface area contributed by atoms with E-state index in [2.05, 4.69) is 26.3 Å². The van der Waals surface area contributed by atoms with Crippen LogP contribution in [-0.2, 0) is 19.1 Å². The third kappa shape index (κ3) is 12.4. The fraction of sp³-hybridized carbons (Fsp3) is 0.548. The van der Waals surface area contributed by atoms with Crippen molar-refractivity contribution >= 4 is 46.4 Å². The number of fused-ring (bicyclic) bond motifs is 1. The van der Waals surface area contributed by atoms with Gasteiger partial charge in [-0.25, -0.2) is 9.59 Å². The first-order valence-electron chi connectivity index (χ1n) is 15.1. The number of hydrogen-bond acceptors (Lipinski definition) is 9. The summed E-state index contributed by atoms with van der Waals surface area (Å²) in [5, 5.41) is 21.5. The first-order chi connectivity index (χ1) is 21.4. The number of benzene rings is 1. The number of aliphatic imine (C=N–C) groups is 1. The highest BCUT2D eigenvalue weighted by Crippen LogP contribution is 2.21. The van der Waals surface area contributed by atoms with Crippen LogP contribution >= 0.6 is 0 Å². The van der Waals surface area contributed by atoms with E-state index in [1.165, 1.54) is 19.1 Å². The lowest BCUT2D eigenvalue weighted by molar-refractivity contribution is -0.134. The molecule has 0 saturated heterocycles. The van der Waals surface area contributed by atoms with E-state index in [0.29, 0.717) is 23.1 Å². The molecule has 0 aliphatic rings. The lowest BCUT2D eigenvalue weighted by Gasteiger charge is -2.28. The van der Waals surface area contributed by atoms with Crippen molar-refractivity contribution in [3.05, 3.63) is 40.2 Å². The van der Waals surface area contributed by atoms with Gasteiger partial charge >= 0.3 is 11.7 Å². The summed E-state index contributed by atoms with van der Waals surface area (Å²) >= 11 is 0. The summed E-state index contributed by atoms with van der Waals surface area (Å²) in [7, 11) is 0. The molecule has 9 N–H and O–H groups in total. The largest absolute Gasteiger partial charge is 0.444 e. The van der Waals surface area contributed by atoms with Gasteiger partial charge in [-0.2, -0.15) is 0 Å². The van der Waals surface area contributed by atoms with Crippen molar-refractivity contribution in [3.8, 4) is 0 Å². The van der Waals surface area contributed by atoms with E-state index in [1.54, 1.807) is 39.8 Å². The smallest absolute Gasteiger partial charge is 0.408 e. The molecule has 15 heteroatoms. The maximum atomic E-state index is 13.4. The van der Waals surface area contributed by atoms with Gasteiger partial charge in [0, 0.05) is 29.8 Å². The zero-order valence-corrected chi connectivity index (χ0v) is 27.4. The lowest BCUT2D eigenvalue weighted by atomic mass is 10.0. The topological polar surface area (TPSA) is 240 Å². The second-order valence-electron chi connectivity index (χ2n) is 12.5. The highest BCUT2D eigenvalue weighted by molar-refractivity contribution is 6.00. The molecule has 0 unspecified atom stereocenters. The van der Waals surface area contributed by atoms with Gasteiger partial charge in [0.15, 0.2) is 5.96 Å². The number of ether oxygens (including phenoxy) is 1. The van der Waals surface area contributed by atoms with Crippen LogP contribution in [0.1, 0.15) is 66.4 Å². The summed E-state index contributed by atoms with van der Waals surface area (Å²) in [6.45, 7) is 12.0. The van der Waals surface area contributed by atoms with Crippen molar-refractivity contribution < 1.29 is 33.4 Å². The molecule has 0 saturated carbocycles. The number of nitrogens with one attached hydrogen (secondary N) is 4. The molecule has 0 bridgehead atoms. The van der Waals surface area contributed by atoms with Gasteiger partial charge < -0.3 is 47.0 Å². The van der Waals surface area contributed by atoms with Gasteiger partial charge in [-0.1, -0.05) is 13.8 Å². The number of guanidine groups is 1. The molecule has 15 nitrogen and oxygen atoms in total. The Morgan fingerprint density at radius 1 is 0.978 bits per heavy atom. The second-order valence-corrected chi connectivity index (χ2v) is 12.5. The Kier molecular flexibility index (Phi) is 13.5. The van der Waals surface area contributed by atoms with E-state index < -0.39 is 59.3 Å². The number of amides is 4. The number of nitrogens with two attached hydrogens (primary N) is 2. The fourth-order valence-corrected chi connectivity index (χ4v) is 4.48. The van der Waals surface area contributed by atoms with Gasteiger partial charge in [-0.3, -0.25) is 19.4 Å². The Labute approximate surface area is 267 Å². The summed E-state index contributed by atoms with van der Waals surface area (Å²) in [4.78, 5) is 68.3. The molecule has 0 fully saturated rings. The molecule has 46 heavy (non-hydrogen) atoms. The number of alkyl carbamates (subject to hydrolysis) is 1. The van der Waals surface area contributed by atoms with Gasteiger partial charge in [0.25, 0.3) is 0 Å². The zero-order valence-electron chi connectivity index (χ0n) is 27.4. The van der Waals surface area contributed by atoms with Crippen LogP contribution in [0, 0.1) is 12.8 Å². The first-order valence-corrected chi connectivity index (χ1v) is 15.1. The van der Waals surface area contributed by atoms with Gasteiger partial charge in [0.1, 0.15) is 29.3 Å². The van der Waals surface area contributed by atoms with E-state index in [9.17, 15) is 29.1 Å². The molecular formula is C31H47N7O8. The van der Waals surface area contributed by atoms with E-state index in [4.69, 9.17) is 20.6 Å². The van der Waals surface area contributed by atoms with Crippen molar-refractivity contribution in [2.24, 2.45) is 22.4 Å². The van der Waals surface area contributed by atoms with Crippen molar-refractivity contribution in [3.63, 3.8) is 0 Å². The second kappa shape index (κ2) is 16.6. The Morgan fingerprint density at radius 2 is 1.65 bits per heavy atom. The number of carbonyl (C=O) groups is 4. The molecule has 0 aliphatic heterocycles. The predicted molar refractivity (Wildman–Crippen MR) is 174 cm³/mol. The van der Waals surface area contributed by atoms with Crippen LogP contribution in [0.5, 0.6) is 0 Å². The molecule has 0 spiro atoms. The third-order valence-corrected chi connectivity index (χ3v) is 6.57. The molecule has 4 amide bonds. The predicted octanol–water partition coefficient (Wildman–Crippen LogP) is 1.38. The first kappa shape index (κ1) is 37.5. The SMILES string of the molecule is Cc1cc(=O)oc2cc(NC(=O)[C@H](CCCN=C(N)N)NC(=O)[C@@H](NC(=O)[C@H](CC(C)C)NC(=O)OC(C)(C)C)[C@@H](C)O)ccc12. The summed E-state index contributed by atoms with van der Waals surface area (Å²) in [5.74, 6) is -2.33. The van der Waals surface area contributed by atoms with Crippen LogP contribution in [0.25, 0.3) is 11.0 Å². The standard InChI is InChI=1S/C31H47N7O8/c1-16(2)13-22(37-30(44)46-31(5,6)7)27(42)38-25(18(4)39)28(43)36-21(9-8-12-34-29(32)33)26(41)35-19-10-11-20-17(3)14-24(40)45-23(20)15-19/h10-11,14-16,18,21-22,25,39H,8-9,12-13H2,1-7H3,(H,35,41)(H,36,43)(H,37,44)(H,38,42)(H4,32,33,34)/t18-,21+,22+,25+/m1/s1. The summed E-state index contributed by atoms with van der Waals surface area (Å²) in [5.41, 5.74) is 10.7. The Balaban J connectivity index is 2.26. The number of rotatable bonds is 14. The number of nitrogens with zero attached hydrogens (tertiary/aromatic N) is 1. The number of carbonyl (C=O) groups excluding carboxylic acids is 4. The van der Waals surface area contributed by atoms with Gasteiger partial charge in [-0.15, -0.1) is 0 Å². The zero-order chi connectivity index (χ0) is 34.8. The lowest BCUT2D eigenvalue weighted by Crippen LogP contribution is -2.59. The van der Waals surface area contributed by atoms with Gasteiger partial charge in [-0.05, 0) is 77.5 Å². The number of aliphatic hydroxyl groups is 1. The molecule has 0 radical (unpaired) electrons.